The number of fused-ring (bicyclic) bond motifs is 1. The molecule has 1 aromatic heterocycles. The van der Waals surface area contributed by atoms with Gasteiger partial charge in [0.2, 0.25) is 0 Å². The summed E-state index contributed by atoms with van der Waals surface area (Å²) < 4.78 is 12.9. The second kappa shape index (κ2) is 10.3. The van der Waals surface area contributed by atoms with Crippen molar-refractivity contribution in [3.8, 4) is 22.8 Å². The lowest BCUT2D eigenvalue weighted by Gasteiger charge is -2.27. The fourth-order valence-corrected chi connectivity index (χ4v) is 4.86. The van der Waals surface area contributed by atoms with Crippen LogP contribution in [-0.2, 0) is 13.5 Å². The van der Waals surface area contributed by atoms with Crippen molar-refractivity contribution in [1.82, 2.24) is 14.7 Å². The molecule has 1 atom stereocenters. The molecule has 1 aliphatic heterocycles. The normalized spacial score (nSPS) is 14.7. The summed E-state index contributed by atoms with van der Waals surface area (Å²) in [6.45, 7) is 3.38. The molecule has 0 aliphatic carbocycles. The van der Waals surface area contributed by atoms with Gasteiger partial charge in [-0.2, -0.15) is 5.10 Å². The van der Waals surface area contributed by atoms with Gasteiger partial charge < -0.3 is 14.4 Å². The molecule has 36 heavy (non-hydrogen) atoms. The summed E-state index contributed by atoms with van der Waals surface area (Å²) in [6.07, 6.45) is 1.73. The molecule has 5 rings (SSSR count). The first-order valence-electron chi connectivity index (χ1n) is 12.4. The van der Waals surface area contributed by atoms with E-state index in [4.69, 9.17) is 14.6 Å². The topological polar surface area (TPSA) is 56.6 Å². The van der Waals surface area contributed by atoms with Gasteiger partial charge in [-0.1, -0.05) is 49.4 Å². The van der Waals surface area contributed by atoms with E-state index in [1.54, 1.807) is 11.8 Å². The molecular weight excluding hydrogens is 450 g/mol. The van der Waals surface area contributed by atoms with Gasteiger partial charge in [0, 0.05) is 24.7 Å². The Hall–Kier alpha value is -4.06. The molecule has 6 nitrogen and oxygen atoms in total. The Kier molecular flexibility index (Phi) is 6.76. The maximum Gasteiger partial charge on any atom is 0.273 e. The zero-order valence-corrected chi connectivity index (χ0v) is 21.0. The van der Waals surface area contributed by atoms with E-state index in [1.807, 2.05) is 66.5 Å². The Balaban J connectivity index is 1.56. The van der Waals surface area contributed by atoms with Crippen LogP contribution in [0.3, 0.4) is 0 Å². The predicted molar refractivity (Wildman–Crippen MR) is 140 cm³/mol. The monoisotopic (exact) mass is 481 g/mol. The minimum Gasteiger partial charge on any atom is -0.497 e. The van der Waals surface area contributed by atoms with Crippen molar-refractivity contribution in [2.75, 3.05) is 20.3 Å². The lowest BCUT2D eigenvalue weighted by molar-refractivity contribution is 0.0742. The molecule has 0 unspecified atom stereocenters. The SMILES string of the molecule is CCCOc1ccc([C@H]2c3c(-c4ccc(OC)cc4)nn(C)c3C(=O)N2CCc2ccccc2)cc1. The fourth-order valence-electron chi connectivity index (χ4n) is 4.86. The van der Waals surface area contributed by atoms with Gasteiger partial charge in [-0.15, -0.1) is 0 Å². The smallest absolute Gasteiger partial charge is 0.273 e. The highest BCUT2D eigenvalue weighted by Crippen LogP contribution is 2.44. The molecule has 0 radical (unpaired) electrons. The van der Waals surface area contributed by atoms with Crippen molar-refractivity contribution in [2.45, 2.75) is 25.8 Å². The second-order valence-electron chi connectivity index (χ2n) is 9.02. The van der Waals surface area contributed by atoms with Crippen molar-refractivity contribution < 1.29 is 14.3 Å². The standard InChI is InChI=1S/C30H31N3O3/c1-4-20-36-25-16-12-23(13-17-25)28-26-27(22-10-14-24(35-3)15-11-22)31-32(2)29(26)30(34)33(28)19-18-21-8-6-5-7-9-21/h5-17,28H,4,18-20H2,1-3H3/t28-/m0/s1. The quantitative estimate of drug-likeness (QED) is 0.309. The number of hydrogen-bond donors (Lipinski definition) is 0. The first kappa shape index (κ1) is 23.7. The second-order valence-corrected chi connectivity index (χ2v) is 9.02. The summed E-state index contributed by atoms with van der Waals surface area (Å²) in [6, 6.07) is 26.0. The van der Waals surface area contributed by atoms with Crippen LogP contribution in [0.1, 0.15) is 46.6 Å². The molecule has 0 fully saturated rings. The van der Waals surface area contributed by atoms with E-state index in [9.17, 15) is 4.79 Å². The highest BCUT2D eigenvalue weighted by Gasteiger charge is 2.43. The third-order valence-corrected chi connectivity index (χ3v) is 6.65. The molecule has 1 amide bonds. The van der Waals surface area contributed by atoms with Crippen molar-refractivity contribution in [3.05, 3.63) is 101 Å². The maximum absolute atomic E-state index is 13.8. The molecule has 0 saturated heterocycles. The highest BCUT2D eigenvalue weighted by atomic mass is 16.5. The van der Waals surface area contributed by atoms with E-state index < -0.39 is 0 Å². The minimum atomic E-state index is -0.234. The van der Waals surface area contributed by atoms with E-state index >= 15 is 0 Å². The van der Waals surface area contributed by atoms with E-state index in [1.165, 1.54) is 5.56 Å². The van der Waals surface area contributed by atoms with Crippen LogP contribution in [0.4, 0.5) is 0 Å². The summed E-state index contributed by atoms with van der Waals surface area (Å²) in [5, 5.41) is 4.80. The molecule has 0 N–H and O–H groups in total. The van der Waals surface area contributed by atoms with Gasteiger partial charge in [-0.05, 0) is 60.4 Å². The molecule has 1 aliphatic rings. The average molecular weight is 482 g/mol. The number of carbonyl (C=O) groups is 1. The number of ether oxygens (including phenoxy) is 2. The van der Waals surface area contributed by atoms with E-state index in [-0.39, 0.29) is 11.9 Å². The van der Waals surface area contributed by atoms with Gasteiger partial charge in [0.05, 0.1) is 25.5 Å². The molecule has 6 heteroatoms. The average Bonchev–Trinajstić information content (AvgIpc) is 3.41. The molecule has 184 valence electrons. The van der Waals surface area contributed by atoms with E-state index in [0.29, 0.717) is 18.8 Å². The van der Waals surface area contributed by atoms with Crippen molar-refractivity contribution in [1.29, 1.82) is 0 Å². The molecule has 0 spiro atoms. The number of aromatic nitrogens is 2. The number of hydrogen-bond acceptors (Lipinski definition) is 4. The van der Waals surface area contributed by atoms with Crippen molar-refractivity contribution in [2.24, 2.45) is 7.05 Å². The molecule has 3 aromatic carbocycles. The van der Waals surface area contributed by atoms with Crippen LogP contribution in [0, 0.1) is 0 Å². The van der Waals surface area contributed by atoms with Crippen LogP contribution in [0.2, 0.25) is 0 Å². The van der Waals surface area contributed by atoms with Gasteiger partial charge in [0.15, 0.2) is 0 Å². The summed E-state index contributed by atoms with van der Waals surface area (Å²) in [4.78, 5) is 15.8. The summed E-state index contributed by atoms with van der Waals surface area (Å²) in [5.74, 6) is 1.63. The number of benzene rings is 3. The number of methoxy groups -OCH3 is 1. The van der Waals surface area contributed by atoms with Crippen molar-refractivity contribution >= 4 is 5.91 Å². The third-order valence-electron chi connectivity index (χ3n) is 6.65. The summed E-state index contributed by atoms with van der Waals surface area (Å²) >= 11 is 0. The first-order chi connectivity index (χ1) is 17.6. The number of aryl methyl sites for hydroxylation is 1. The van der Waals surface area contributed by atoms with E-state index in [2.05, 4.69) is 31.2 Å². The Morgan fingerprint density at radius 3 is 2.28 bits per heavy atom. The first-order valence-corrected chi connectivity index (χ1v) is 12.4. The van der Waals surface area contributed by atoms with Gasteiger partial charge in [-0.25, -0.2) is 0 Å². The van der Waals surface area contributed by atoms with Crippen LogP contribution < -0.4 is 9.47 Å². The predicted octanol–water partition coefficient (Wildman–Crippen LogP) is 5.67. The van der Waals surface area contributed by atoms with Crippen LogP contribution in [-0.4, -0.2) is 40.8 Å². The number of rotatable bonds is 9. The van der Waals surface area contributed by atoms with Crippen LogP contribution in [0.25, 0.3) is 11.3 Å². The molecular formula is C30H31N3O3. The van der Waals surface area contributed by atoms with Gasteiger partial charge in [0.25, 0.3) is 5.91 Å². The zero-order chi connectivity index (χ0) is 25.1. The number of carbonyl (C=O) groups excluding carboxylic acids is 1. The van der Waals surface area contributed by atoms with E-state index in [0.717, 1.165) is 46.7 Å². The van der Waals surface area contributed by atoms with Crippen LogP contribution >= 0.6 is 0 Å². The highest BCUT2D eigenvalue weighted by molar-refractivity contribution is 6.00. The van der Waals surface area contributed by atoms with Crippen LogP contribution in [0.5, 0.6) is 11.5 Å². The Morgan fingerprint density at radius 1 is 0.917 bits per heavy atom. The lowest BCUT2D eigenvalue weighted by Crippen LogP contribution is -2.32. The minimum absolute atomic E-state index is 0.00648. The third kappa shape index (κ3) is 4.47. The van der Waals surface area contributed by atoms with Crippen LogP contribution in [0.15, 0.2) is 78.9 Å². The van der Waals surface area contributed by atoms with Gasteiger partial charge in [0.1, 0.15) is 17.2 Å². The molecule has 2 heterocycles. The number of amides is 1. The molecule has 0 saturated carbocycles. The number of nitrogens with zero attached hydrogens (tertiary/aromatic N) is 3. The Bertz CT molecular complexity index is 1330. The lowest BCUT2D eigenvalue weighted by atomic mass is 9.95. The molecule has 4 aromatic rings. The Morgan fingerprint density at radius 2 is 1.61 bits per heavy atom. The largest absolute Gasteiger partial charge is 0.497 e. The zero-order valence-electron chi connectivity index (χ0n) is 21.0. The van der Waals surface area contributed by atoms with Gasteiger partial charge >= 0.3 is 0 Å². The fraction of sp³-hybridized carbons (Fsp3) is 0.267. The molecule has 0 bridgehead atoms. The van der Waals surface area contributed by atoms with Gasteiger partial charge in [-0.3, -0.25) is 9.48 Å². The Labute approximate surface area is 212 Å². The maximum atomic E-state index is 13.8. The summed E-state index contributed by atoms with van der Waals surface area (Å²) in [5.41, 5.74) is 5.62. The van der Waals surface area contributed by atoms with Crippen molar-refractivity contribution in [3.63, 3.8) is 0 Å². The summed E-state index contributed by atoms with van der Waals surface area (Å²) in [7, 11) is 3.50.